The number of ketones is 1. The van der Waals surface area contributed by atoms with Crippen LogP contribution in [0.25, 0.3) is 5.82 Å². The van der Waals surface area contributed by atoms with Crippen molar-refractivity contribution in [3.8, 4) is 5.82 Å². The SMILES string of the molecule is CCOC(=O)C(=O)CSc1ccc(-n2cccn2)nn1. The Kier molecular flexibility index (Phi) is 4.83. The number of hydrogen-bond donors (Lipinski definition) is 0. The smallest absolute Gasteiger partial charge is 0.375 e. The molecule has 0 saturated carbocycles. The zero-order chi connectivity index (χ0) is 14.4. The summed E-state index contributed by atoms with van der Waals surface area (Å²) in [5.41, 5.74) is 0. The maximum Gasteiger partial charge on any atom is 0.375 e. The lowest BCUT2D eigenvalue weighted by Crippen LogP contribution is -2.19. The van der Waals surface area contributed by atoms with Gasteiger partial charge < -0.3 is 4.74 Å². The average molecular weight is 292 g/mol. The maximum absolute atomic E-state index is 11.4. The number of carbonyl (C=O) groups excluding carboxylic acids is 2. The van der Waals surface area contributed by atoms with Crippen LogP contribution in [0.4, 0.5) is 0 Å². The lowest BCUT2D eigenvalue weighted by atomic mass is 10.5. The van der Waals surface area contributed by atoms with E-state index in [1.807, 2.05) is 0 Å². The van der Waals surface area contributed by atoms with Crippen molar-refractivity contribution < 1.29 is 14.3 Å². The van der Waals surface area contributed by atoms with E-state index in [-0.39, 0.29) is 12.4 Å². The Morgan fingerprint density at radius 2 is 2.20 bits per heavy atom. The average Bonchev–Trinajstić information content (AvgIpc) is 2.99. The van der Waals surface area contributed by atoms with Gasteiger partial charge in [0.05, 0.1) is 12.4 Å². The molecule has 7 nitrogen and oxygen atoms in total. The minimum atomic E-state index is -0.818. The van der Waals surface area contributed by atoms with Gasteiger partial charge in [-0.15, -0.1) is 10.2 Å². The summed E-state index contributed by atoms with van der Waals surface area (Å²) in [6, 6.07) is 5.23. The van der Waals surface area contributed by atoms with Gasteiger partial charge in [-0.3, -0.25) is 4.79 Å². The molecule has 0 spiro atoms. The van der Waals surface area contributed by atoms with Gasteiger partial charge in [0.25, 0.3) is 0 Å². The van der Waals surface area contributed by atoms with Crippen LogP contribution in [0.2, 0.25) is 0 Å². The quantitative estimate of drug-likeness (QED) is 0.444. The molecule has 0 amide bonds. The first-order valence-corrected chi connectivity index (χ1v) is 6.85. The number of esters is 1. The van der Waals surface area contributed by atoms with E-state index >= 15 is 0 Å². The maximum atomic E-state index is 11.4. The predicted molar refractivity (Wildman–Crippen MR) is 71.5 cm³/mol. The molecule has 0 aliphatic carbocycles. The topological polar surface area (TPSA) is 87.0 Å². The van der Waals surface area contributed by atoms with Gasteiger partial charge in [0, 0.05) is 12.4 Å². The highest BCUT2D eigenvalue weighted by atomic mass is 32.2. The molecule has 0 radical (unpaired) electrons. The molecule has 0 aliphatic heterocycles. The number of nitrogens with zero attached hydrogens (tertiary/aromatic N) is 4. The molecule has 0 aliphatic rings. The summed E-state index contributed by atoms with van der Waals surface area (Å²) in [6.45, 7) is 1.84. The molecule has 2 aromatic rings. The Morgan fingerprint density at radius 3 is 2.80 bits per heavy atom. The molecule has 2 rings (SSSR count). The van der Waals surface area contributed by atoms with Crippen molar-refractivity contribution in [2.24, 2.45) is 0 Å². The molecule has 2 heterocycles. The van der Waals surface area contributed by atoms with E-state index in [9.17, 15) is 9.59 Å². The summed E-state index contributed by atoms with van der Waals surface area (Å²) in [4.78, 5) is 22.5. The van der Waals surface area contributed by atoms with Gasteiger partial charge in [0.2, 0.25) is 5.78 Å². The fraction of sp³-hybridized carbons (Fsp3) is 0.250. The summed E-state index contributed by atoms with van der Waals surface area (Å²) >= 11 is 1.14. The van der Waals surface area contributed by atoms with E-state index in [0.717, 1.165) is 11.8 Å². The Morgan fingerprint density at radius 1 is 1.35 bits per heavy atom. The van der Waals surface area contributed by atoms with Crippen LogP contribution in [0.1, 0.15) is 6.92 Å². The van der Waals surface area contributed by atoms with Crippen molar-refractivity contribution >= 4 is 23.5 Å². The van der Waals surface area contributed by atoms with E-state index in [1.54, 1.807) is 42.2 Å². The molecule has 2 aromatic heterocycles. The molecule has 0 saturated heterocycles. The van der Waals surface area contributed by atoms with Crippen molar-refractivity contribution in [2.75, 3.05) is 12.4 Å². The minimum Gasteiger partial charge on any atom is -0.460 e. The third-order valence-corrected chi connectivity index (χ3v) is 3.14. The number of hydrogen-bond acceptors (Lipinski definition) is 7. The van der Waals surface area contributed by atoms with E-state index in [0.29, 0.717) is 10.8 Å². The van der Waals surface area contributed by atoms with Crippen LogP contribution in [0, 0.1) is 0 Å². The standard InChI is InChI=1S/C12H12N4O3S/c1-2-19-12(18)9(17)8-20-11-5-4-10(14-15-11)16-7-3-6-13-16/h3-7H,2,8H2,1H3. The first-order chi connectivity index (χ1) is 9.70. The normalized spacial score (nSPS) is 10.2. The number of rotatable bonds is 6. The van der Waals surface area contributed by atoms with Crippen molar-refractivity contribution in [3.05, 3.63) is 30.6 Å². The summed E-state index contributed by atoms with van der Waals surface area (Å²) in [5.74, 6) is -0.846. The fourth-order valence-corrected chi connectivity index (χ4v) is 1.99. The van der Waals surface area contributed by atoms with Crippen LogP contribution in [0.3, 0.4) is 0 Å². The third-order valence-electron chi connectivity index (χ3n) is 2.22. The van der Waals surface area contributed by atoms with Gasteiger partial charge in [-0.05, 0) is 25.1 Å². The van der Waals surface area contributed by atoms with Crippen LogP contribution < -0.4 is 0 Å². The van der Waals surface area contributed by atoms with Crippen molar-refractivity contribution in [3.63, 3.8) is 0 Å². The molecule has 104 valence electrons. The molecule has 0 N–H and O–H groups in total. The summed E-state index contributed by atoms with van der Waals surface area (Å²) < 4.78 is 6.19. The Hall–Kier alpha value is -2.22. The fourth-order valence-electron chi connectivity index (χ4n) is 1.33. The van der Waals surface area contributed by atoms with Crippen molar-refractivity contribution in [2.45, 2.75) is 11.9 Å². The number of Topliss-reactive ketones (excluding diaryl/α,β-unsaturated/α-hetero) is 1. The van der Waals surface area contributed by atoms with Gasteiger partial charge in [0.15, 0.2) is 5.82 Å². The van der Waals surface area contributed by atoms with Gasteiger partial charge in [-0.1, -0.05) is 11.8 Å². The zero-order valence-electron chi connectivity index (χ0n) is 10.7. The highest BCUT2D eigenvalue weighted by molar-refractivity contribution is 8.00. The largest absolute Gasteiger partial charge is 0.460 e. The number of thioether (sulfide) groups is 1. The van der Waals surface area contributed by atoms with Crippen LogP contribution in [-0.2, 0) is 14.3 Å². The molecule has 0 fully saturated rings. The monoisotopic (exact) mass is 292 g/mol. The lowest BCUT2D eigenvalue weighted by molar-refractivity contribution is -0.152. The van der Waals surface area contributed by atoms with E-state index in [2.05, 4.69) is 20.0 Å². The molecule has 8 heteroatoms. The van der Waals surface area contributed by atoms with Crippen molar-refractivity contribution in [1.29, 1.82) is 0 Å². The molecule has 0 aromatic carbocycles. The number of ether oxygens (including phenoxy) is 1. The zero-order valence-corrected chi connectivity index (χ0v) is 11.5. The Bertz CT molecular complexity index is 583. The van der Waals surface area contributed by atoms with E-state index in [4.69, 9.17) is 0 Å². The van der Waals surface area contributed by atoms with Gasteiger partial charge >= 0.3 is 5.97 Å². The van der Waals surface area contributed by atoms with Gasteiger partial charge in [-0.25, -0.2) is 9.48 Å². The van der Waals surface area contributed by atoms with Crippen LogP contribution in [0.5, 0.6) is 0 Å². The Labute approximate surface area is 119 Å². The summed E-state index contributed by atoms with van der Waals surface area (Å²) in [7, 11) is 0. The number of carbonyl (C=O) groups is 2. The first kappa shape index (κ1) is 14.2. The highest BCUT2D eigenvalue weighted by Crippen LogP contribution is 2.15. The first-order valence-electron chi connectivity index (χ1n) is 5.87. The second-order valence-corrected chi connectivity index (χ2v) is 4.61. The molecule has 0 atom stereocenters. The molecular formula is C12H12N4O3S. The van der Waals surface area contributed by atoms with E-state index in [1.165, 1.54) is 0 Å². The molecule has 0 unspecified atom stereocenters. The highest BCUT2D eigenvalue weighted by Gasteiger charge is 2.15. The van der Waals surface area contributed by atoms with Gasteiger partial charge in [0.1, 0.15) is 5.03 Å². The van der Waals surface area contributed by atoms with Crippen LogP contribution >= 0.6 is 11.8 Å². The second kappa shape index (κ2) is 6.80. The van der Waals surface area contributed by atoms with Crippen molar-refractivity contribution in [1.82, 2.24) is 20.0 Å². The number of aromatic nitrogens is 4. The Balaban J connectivity index is 1.91. The van der Waals surface area contributed by atoms with E-state index < -0.39 is 11.8 Å². The molecular weight excluding hydrogens is 280 g/mol. The second-order valence-electron chi connectivity index (χ2n) is 3.61. The van der Waals surface area contributed by atoms with Gasteiger partial charge in [-0.2, -0.15) is 5.10 Å². The van der Waals surface area contributed by atoms with Crippen LogP contribution in [-0.4, -0.2) is 44.1 Å². The van der Waals surface area contributed by atoms with Crippen LogP contribution in [0.15, 0.2) is 35.6 Å². The third kappa shape index (κ3) is 3.64. The lowest BCUT2D eigenvalue weighted by Gasteiger charge is -2.02. The predicted octanol–water partition coefficient (Wildman–Crippen LogP) is 0.887. The summed E-state index contributed by atoms with van der Waals surface area (Å²) in [6.07, 6.45) is 3.39. The molecule has 20 heavy (non-hydrogen) atoms. The minimum absolute atomic E-state index is 0.0192. The summed E-state index contributed by atoms with van der Waals surface area (Å²) in [5, 5.41) is 12.5. The molecule has 0 bridgehead atoms.